The Labute approximate surface area is 113 Å². The zero-order valence-corrected chi connectivity index (χ0v) is 11.7. The lowest BCUT2D eigenvalue weighted by molar-refractivity contribution is -0.00000332. The summed E-state index contributed by atoms with van der Waals surface area (Å²) in [5.41, 5.74) is 1.34. The Balaban J connectivity index is 0.00000144. The fraction of sp³-hybridized carbons (Fsp3) is 0.286. The minimum atomic E-state index is 0. The van der Waals surface area contributed by atoms with Gasteiger partial charge in [0.15, 0.2) is 0 Å². The molecule has 17 heavy (non-hydrogen) atoms. The summed E-state index contributed by atoms with van der Waals surface area (Å²) in [6, 6.07) is 15.3. The lowest BCUT2D eigenvalue weighted by atomic mass is 10.1. The lowest BCUT2D eigenvalue weighted by Crippen LogP contribution is -3.00. The SMILES string of the molecule is Cc1ccc(CNC(C)c2ccccc2)s1.[Cl-]. The lowest BCUT2D eigenvalue weighted by Gasteiger charge is -2.13. The van der Waals surface area contributed by atoms with Gasteiger partial charge >= 0.3 is 0 Å². The van der Waals surface area contributed by atoms with Gasteiger partial charge < -0.3 is 17.7 Å². The van der Waals surface area contributed by atoms with E-state index in [4.69, 9.17) is 0 Å². The Morgan fingerprint density at radius 1 is 1.12 bits per heavy atom. The maximum absolute atomic E-state index is 3.54. The predicted molar refractivity (Wildman–Crippen MR) is 70.8 cm³/mol. The average Bonchev–Trinajstić information content (AvgIpc) is 2.73. The summed E-state index contributed by atoms with van der Waals surface area (Å²) in [5, 5.41) is 3.54. The number of rotatable bonds is 4. The van der Waals surface area contributed by atoms with Gasteiger partial charge in [0.1, 0.15) is 0 Å². The molecule has 2 rings (SSSR count). The maximum Gasteiger partial charge on any atom is 0.0305 e. The molecule has 0 amide bonds. The molecule has 1 unspecified atom stereocenters. The first-order valence-corrected chi connectivity index (χ1v) is 6.41. The number of halogens is 1. The van der Waals surface area contributed by atoms with E-state index in [1.807, 2.05) is 11.3 Å². The van der Waals surface area contributed by atoms with Crippen molar-refractivity contribution < 1.29 is 12.4 Å². The fourth-order valence-electron chi connectivity index (χ4n) is 1.69. The van der Waals surface area contributed by atoms with E-state index >= 15 is 0 Å². The van der Waals surface area contributed by atoms with Crippen LogP contribution in [-0.4, -0.2) is 0 Å². The van der Waals surface area contributed by atoms with Gasteiger partial charge in [-0.25, -0.2) is 0 Å². The third kappa shape index (κ3) is 4.15. The summed E-state index contributed by atoms with van der Waals surface area (Å²) < 4.78 is 0. The molecule has 0 radical (unpaired) electrons. The highest BCUT2D eigenvalue weighted by atomic mass is 35.5. The van der Waals surface area contributed by atoms with Gasteiger partial charge in [-0.3, -0.25) is 0 Å². The minimum Gasteiger partial charge on any atom is -1.00 e. The molecule has 1 atom stereocenters. The van der Waals surface area contributed by atoms with Crippen LogP contribution in [0, 0.1) is 6.92 Å². The van der Waals surface area contributed by atoms with Gasteiger partial charge in [0, 0.05) is 22.3 Å². The number of nitrogens with one attached hydrogen (secondary N) is 1. The largest absolute Gasteiger partial charge is 1.00 e. The topological polar surface area (TPSA) is 12.0 Å². The van der Waals surface area contributed by atoms with E-state index in [1.54, 1.807) is 0 Å². The molecule has 2 aromatic rings. The third-order valence-electron chi connectivity index (χ3n) is 2.68. The van der Waals surface area contributed by atoms with Crippen molar-refractivity contribution in [2.24, 2.45) is 0 Å². The van der Waals surface area contributed by atoms with Crippen LogP contribution < -0.4 is 17.7 Å². The molecule has 0 saturated heterocycles. The molecule has 1 N–H and O–H groups in total. The Kier molecular flexibility index (Phi) is 5.69. The Hall–Kier alpha value is -0.830. The zero-order chi connectivity index (χ0) is 11.4. The van der Waals surface area contributed by atoms with Crippen molar-refractivity contribution in [3.8, 4) is 0 Å². The Morgan fingerprint density at radius 3 is 2.41 bits per heavy atom. The smallest absolute Gasteiger partial charge is 0.0305 e. The van der Waals surface area contributed by atoms with Crippen molar-refractivity contribution in [1.29, 1.82) is 0 Å². The first kappa shape index (κ1) is 14.2. The van der Waals surface area contributed by atoms with Crippen LogP contribution in [0.5, 0.6) is 0 Å². The number of hydrogen-bond acceptors (Lipinski definition) is 2. The van der Waals surface area contributed by atoms with E-state index in [0.717, 1.165) is 6.54 Å². The summed E-state index contributed by atoms with van der Waals surface area (Å²) in [6.45, 7) is 5.30. The molecular formula is C14H17ClNS-. The van der Waals surface area contributed by atoms with Gasteiger partial charge in [0.25, 0.3) is 0 Å². The summed E-state index contributed by atoms with van der Waals surface area (Å²) >= 11 is 1.86. The van der Waals surface area contributed by atoms with E-state index in [1.165, 1.54) is 15.3 Å². The number of thiophene rings is 1. The van der Waals surface area contributed by atoms with E-state index in [-0.39, 0.29) is 12.4 Å². The van der Waals surface area contributed by atoms with Crippen LogP contribution in [0.3, 0.4) is 0 Å². The maximum atomic E-state index is 3.54. The van der Waals surface area contributed by atoms with Gasteiger partial charge in [0.05, 0.1) is 0 Å². The van der Waals surface area contributed by atoms with Crippen LogP contribution in [0.2, 0.25) is 0 Å². The molecule has 1 heterocycles. The van der Waals surface area contributed by atoms with Crippen LogP contribution in [0.15, 0.2) is 42.5 Å². The Morgan fingerprint density at radius 2 is 1.82 bits per heavy atom. The second-order valence-corrected chi connectivity index (χ2v) is 5.40. The molecule has 1 nitrogen and oxygen atoms in total. The average molecular weight is 267 g/mol. The molecule has 0 aliphatic heterocycles. The second-order valence-electron chi connectivity index (χ2n) is 4.03. The summed E-state index contributed by atoms with van der Waals surface area (Å²) in [4.78, 5) is 2.78. The van der Waals surface area contributed by atoms with Crippen LogP contribution in [0.1, 0.15) is 28.3 Å². The molecule has 0 fully saturated rings. The zero-order valence-electron chi connectivity index (χ0n) is 10.1. The fourth-order valence-corrected chi connectivity index (χ4v) is 2.53. The number of hydrogen-bond donors (Lipinski definition) is 1. The molecule has 3 heteroatoms. The predicted octanol–water partition coefficient (Wildman–Crippen LogP) is 0.911. The van der Waals surface area contributed by atoms with Crippen LogP contribution in [0.25, 0.3) is 0 Å². The van der Waals surface area contributed by atoms with Gasteiger partial charge in [-0.1, -0.05) is 30.3 Å². The molecule has 0 aliphatic rings. The van der Waals surface area contributed by atoms with Crippen LogP contribution in [0.4, 0.5) is 0 Å². The number of benzene rings is 1. The minimum absolute atomic E-state index is 0. The van der Waals surface area contributed by atoms with Crippen molar-refractivity contribution in [2.75, 3.05) is 0 Å². The van der Waals surface area contributed by atoms with E-state index in [0.29, 0.717) is 6.04 Å². The van der Waals surface area contributed by atoms with Crippen molar-refractivity contribution in [3.05, 3.63) is 57.8 Å². The number of aryl methyl sites for hydroxylation is 1. The summed E-state index contributed by atoms with van der Waals surface area (Å²) in [6.07, 6.45) is 0. The normalized spacial score (nSPS) is 11.9. The first-order chi connectivity index (χ1) is 7.75. The van der Waals surface area contributed by atoms with Crippen molar-refractivity contribution in [1.82, 2.24) is 5.32 Å². The molecule has 0 saturated carbocycles. The highest BCUT2D eigenvalue weighted by Gasteiger charge is 2.04. The standard InChI is InChI=1S/C14H17NS.ClH/c1-11-8-9-14(16-11)10-15-12(2)13-6-4-3-5-7-13;/h3-9,12,15H,10H2,1-2H3;1H/p-1. The molecule has 0 bridgehead atoms. The van der Waals surface area contributed by atoms with Crippen molar-refractivity contribution in [3.63, 3.8) is 0 Å². The molecule has 1 aromatic carbocycles. The molecular weight excluding hydrogens is 250 g/mol. The van der Waals surface area contributed by atoms with Gasteiger partial charge in [-0.2, -0.15) is 0 Å². The summed E-state index contributed by atoms with van der Waals surface area (Å²) in [7, 11) is 0. The Bertz CT molecular complexity index is 438. The van der Waals surface area contributed by atoms with Gasteiger partial charge in [0.2, 0.25) is 0 Å². The quantitative estimate of drug-likeness (QED) is 0.868. The molecule has 92 valence electrons. The van der Waals surface area contributed by atoms with E-state index < -0.39 is 0 Å². The van der Waals surface area contributed by atoms with Crippen LogP contribution >= 0.6 is 11.3 Å². The first-order valence-electron chi connectivity index (χ1n) is 5.59. The van der Waals surface area contributed by atoms with E-state index in [2.05, 4.69) is 61.6 Å². The van der Waals surface area contributed by atoms with Gasteiger partial charge in [-0.15, -0.1) is 11.3 Å². The highest BCUT2D eigenvalue weighted by Crippen LogP contribution is 2.17. The molecule has 1 aromatic heterocycles. The molecule has 0 spiro atoms. The second kappa shape index (κ2) is 6.80. The van der Waals surface area contributed by atoms with Gasteiger partial charge in [-0.05, 0) is 31.5 Å². The van der Waals surface area contributed by atoms with Crippen LogP contribution in [-0.2, 0) is 6.54 Å². The van der Waals surface area contributed by atoms with Crippen molar-refractivity contribution in [2.45, 2.75) is 26.4 Å². The summed E-state index contributed by atoms with van der Waals surface area (Å²) in [5.74, 6) is 0. The van der Waals surface area contributed by atoms with E-state index in [9.17, 15) is 0 Å². The highest BCUT2D eigenvalue weighted by molar-refractivity contribution is 7.11. The van der Waals surface area contributed by atoms with Crippen molar-refractivity contribution >= 4 is 11.3 Å². The monoisotopic (exact) mass is 266 g/mol. The molecule has 0 aliphatic carbocycles. The third-order valence-corrected chi connectivity index (χ3v) is 3.68.